The molecule has 2 rings (SSSR count). The summed E-state index contributed by atoms with van der Waals surface area (Å²) in [5.74, 6) is 0. The molecule has 0 bridgehead atoms. The van der Waals surface area contributed by atoms with Gasteiger partial charge in [-0.3, -0.25) is 0 Å². The fourth-order valence-corrected chi connectivity index (χ4v) is 2.01. The van der Waals surface area contributed by atoms with Crippen LogP contribution in [0.2, 0.25) is 0 Å². The molecule has 0 aliphatic carbocycles. The number of aromatic nitrogens is 3. The number of halogens is 1. The van der Waals surface area contributed by atoms with Crippen molar-refractivity contribution in [2.75, 3.05) is 0 Å². The summed E-state index contributed by atoms with van der Waals surface area (Å²) < 4.78 is 2.52. The third-order valence-corrected chi connectivity index (χ3v) is 2.81. The lowest BCUT2D eigenvalue weighted by molar-refractivity contribution is 0.673. The summed E-state index contributed by atoms with van der Waals surface area (Å²) >= 11 is 3.41. The average molecular weight is 292 g/mol. The molecule has 0 amide bonds. The molecule has 0 aliphatic heterocycles. The van der Waals surface area contributed by atoms with E-state index in [4.69, 9.17) is 11.0 Å². The number of nitrogens with zero attached hydrogens (tertiary/aromatic N) is 4. The van der Waals surface area contributed by atoms with Gasteiger partial charge in [-0.25, -0.2) is 4.68 Å². The van der Waals surface area contributed by atoms with E-state index in [2.05, 4.69) is 32.3 Å². The highest BCUT2D eigenvalue weighted by Gasteiger charge is 2.13. The molecule has 1 aromatic carbocycles. The SMILES string of the molecule is N#CCn1nnc(CN)c1-c1cccc(Br)c1. The van der Waals surface area contributed by atoms with Crippen LogP contribution in [0.25, 0.3) is 11.3 Å². The summed E-state index contributed by atoms with van der Waals surface area (Å²) in [6, 6.07) is 9.80. The van der Waals surface area contributed by atoms with Gasteiger partial charge in [0.15, 0.2) is 0 Å². The Labute approximate surface area is 107 Å². The highest BCUT2D eigenvalue weighted by molar-refractivity contribution is 9.10. The Bertz CT molecular complexity index is 569. The van der Waals surface area contributed by atoms with Gasteiger partial charge in [-0.15, -0.1) is 5.10 Å². The summed E-state index contributed by atoms with van der Waals surface area (Å²) in [7, 11) is 0. The maximum atomic E-state index is 8.75. The minimum Gasteiger partial charge on any atom is -0.325 e. The molecular weight excluding hydrogens is 282 g/mol. The van der Waals surface area contributed by atoms with Gasteiger partial charge in [0.1, 0.15) is 12.2 Å². The van der Waals surface area contributed by atoms with E-state index in [-0.39, 0.29) is 6.54 Å². The van der Waals surface area contributed by atoms with Crippen LogP contribution in [0.4, 0.5) is 0 Å². The van der Waals surface area contributed by atoms with Crippen LogP contribution >= 0.6 is 15.9 Å². The van der Waals surface area contributed by atoms with E-state index in [0.717, 1.165) is 15.7 Å². The fraction of sp³-hybridized carbons (Fsp3) is 0.182. The number of rotatable bonds is 3. The standard InChI is InChI=1S/C11H10BrN5/c12-9-3-1-2-8(6-9)11-10(7-14)15-16-17(11)5-4-13/h1-3,6H,5,7,14H2. The first-order valence-electron chi connectivity index (χ1n) is 5.01. The van der Waals surface area contributed by atoms with Gasteiger partial charge in [-0.1, -0.05) is 33.3 Å². The second kappa shape index (κ2) is 5.08. The van der Waals surface area contributed by atoms with Gasteiger partial charge in [-0.2, -0.15) is 5.26 Å². The molecule has 2 aromatic rings. The summed E-state index contributed by atoms with van der Waals surface area (Å²) in [4.78, 5) is 0. The molecule has 17 heavy (non-hydrogen) atoms. The molecule has 0 saturated carbocycles. The number of nitrogens with two attached hydrogens (primary N) is 1. The molecule has 0 fully saturated rings. The Morgan fingerprint density at radius 3 is 2.94 bits per heavy atom. The normalized spacial score (nSPS) is 10.2. The second-order valence-corrected chi connectivity index (χ2v) is 4.33. The number of nitriles is 1. The van der Waals surface area contributed by atoms with E-state index in [1.165, 1.54) is 0 Å². The molecule has 0 spiro atoms. The van der Waals surface area contributed by atoms with Crippen molar-refractivity contribution in [3.05, 3.63) is 34.4 Å². The largest absolute Gasteiger partial charge is 0.325 e. The van der Waals surface area contributed by atoms with E-state index in [9.17, 15) is 0 Å². The lowest BCUT2D eigenvalue weighted by Gasteiger charge is -2.05. The Balaban J connectivity index is 2.56. The maximum absolute atomic E-state index is 8.75. The molecule has 0 unspecified atom stereocenters. The first-order valence-corrected chi connectivity index (χ1v) is 5.81. The predicted octanol–water partition coefficient (Wildman–Crippen LogP) is 1.69. The van der Waals surface area contributed by atoms with Crippen molar-refractivity contribution in [3.63, 3.8) is 0 Å². The van der Waals surface area contributed by atoms with E-state index >= 15 is 0 Å². The molecule has 5 nitrogen and oxygen atoms in total. The third-order valence-electron chi connectivity index (χ3n) is 2.32. The Hall–Kier alpha value is -1.71. The van der Waals surface area contributed by atoms with E-state index in [0.29, 0.717) is 12.2 Å². The molecule has 0 saturated heterocycles. The minimum absolute atomic E-state index is 0.162. The molecule has 0 atom stereocenters. The van der Waals surface area contributed by atoms with Crippen molar-refractivity contribution in [1.82, 2.24) is 15.0 Å². The highest BCUT2D eigenvalue weighted by Crippen LogP contribution is 2.24. The average Bonchev–Trinajstić information content (AvgIpc) is 2.72. The smallest absolute Gasteiger partial charge is 0.130 e. The van der Waals surface area contributed by atoms with Gasteiger partial charge in [-0.05, 0) is 12.1 Å². The van der Waals surface area contributed by atoms with Gasteiger partial charge in [0.25, 0.3) is 0 Å². The molecule has 1 heterocycles. The lowest BCUT2D eigenvalue weighted by Crippen LogP contribution is -2.03. The van der Waals surface area contributed by atoms with Crippen LogP contribution in [0.3, 0.4) is 0 Å². The Morgan fingerprint density at radius 1 is 1.47 bits per heavy atom. The zero-order valence-electron chi connectivity index (χ0n) is 8.97. The summed E-state index contributed by atoms with van der Waals surface area (Å²) in [6.07, 6.45) is 0. The topological polar surface area (TPSA) is 80.5 Å². The monoisotopic (exact) mass is 291 g/mol. The van der Waals surface area contributed by atoms with Crippen LogP contribution < -0.4 is 5.73 Å². The van der Waals surface area contributed by atoms with E-state index < -0.39 is 0 Å². The van der Waals surface area contributed by atoms with Crippen molar-refractivity contribution in [2.24, 2.45) is 5.73 Å². The van der Waals surface area contributed by atoms with Crippen LogP contribution in [-0.2, 0) is 13.1 Å². The third kappa shape index (κ3) is 2.35. The molecule has 0 aliphatic rings. The zero-order chi connectivity index (χ0) is 12.3. The molecular formula is C11H10BrN5. The van der Waals surface area contributed by atoms with Gasteiger partial charge < -0.3 is 5.73 Å². The molecule has 2 N–H and O–H groups in total. The summed E-state index contributed by atoms with van der Waals surface area (Å²) in [5.41, 5.74) is 8.06. The van der Waals surface area contributed by atoms with Crippen LogP contribution in [0.15, 0.2) is 28.7 Å². The molecule has 6 heteroatoms. The molecule has 0 radical (unpaired) electrons. The van der Waals surface area contributed by atoms with Crippen LogP contribution in [-0.4, -0.2) is 15.0 Å². The van der Waals surface area contributed by atoms with Crippen LogP contribution in [0.5, 0.6) is 0 Å². The second-order valence-electron chi connectivity index (χ2n) is 3.41. The molecule has 86 valence electrons. The Morgan fingerprint density at radius 2 is 2.29 bits per heavy atom. The van der Waals surface area contributed by atoms with Crippen molar-refractivity contribution >= 4 is 15.9 Å². The zero-order valence-corrected chi connectivity index (χ0v) is 10.6. The number of hydrogen-bond donors (Lipinski definition) is 1. The first kappa shape index (κ1) is 11.8. The Kier molecular flexibility index (Phi) is 3.52. The summed E-state index contributed by atoms with van der Waals surface area (Å²) in [5, 5.41) is 16.7. The van der Waals surface area contributed by atoms with Gasteiger partial charge in [0.05, 0.1) is 11.8 Å². The van der Waals surface area contributed by atoms with Crippen molar-refractivity contribution in [3.8, 4) is 17.3 Å². The maximum Gasteiger partial charge on any atom is 0.130 e. The van der Waals surface area contributed by atoms with Crippen molar-refractivity contribution in [1.29, 1.82) is 5.26 Å². The van der Waals surface area contributed by atoms with Crippen molar-refractivity contribution in [2.45, 2.75) is 13.1 Å². The van der Waals surface area contributed by atoms with Crippen LogP contribution in [0, 0.1) is 11.3 Å². The van der Waals surface area contributed by atoms with Crippen molar-refractivity contribution < 1.29 is 0 Å². The summed E-state index contributed by atoms with van der Waals surface area (Å²) in [6.45, 7) is 0.460. The molecule has 1 aromatic heterocycles. The van der Waals surface area contributed by atoms with E-state index in [1.54, 1.807) is 4.68 Å². The predicted molar refractivity (Wildman–Crippen MR) is 66.7 cm³/mol. The number of hydrogen-bond acceptors (Lipinski definition) is 4. The van der Waals surface area contributed by atoms with Gasteiger partial charge in [0.2, 0.25) is 0 Å². The van der Waals surface area contributed by atoms with Gasteiger partial charge in [0, 0.05) is 16.6 Å². The van der Waals surface area contributed by atoms with Crippen LogP contribution in [0.1, 0.15) is 5.69 Å². The number of benzene rings is 1. The quantitative estimate of drug-likeness (QED) is 0.933. The van der Waals surface area contributed by atoms with Gasteiger partial charge >= 0.3 is 0 Å². The van der Waals surface area contributed by atoms with E-state index in [1.807, 2.05) is 24.3 Å². The lowest BCUT2D eigenvalue weighted by atomic mass is 10.1. The first-order chi connectivity index (χ1) is 8.26. The highest BCUT2D eigenvalue weighted by atomic mass is 79.9. The fourth-order valence-electron chi connectivity index (χ4n) is 1.62. The minimum atomic E-state index is 0.162.